The predicted octanol–water partition coefficient (Wildman–Crippen LogP) is 4.71. The quantitative estimate of drug-likeness (QED) is 0.624. The van der Waals surface area contributed by atoms with Crippen molar-refractivity contribution in [1.29, 1.82) is 0 Å². The van der Waals surface area contributed by atoms with Gasteiger partial charge in [-0.25, -0.2) is 0 Å². The van der Waals surface area contributed by atoms with Crippen molar-refractivity contribution >= 4 is 5.78 Å². The number of hydrogen-bond donors (Lipinski definition) is 1. The van der Waals surface area contributed by atoms with Crippen molar-refractivity contribution in [3.8, 4) is 11.5 Å². The van der Waals surface area contributed by atoms with E-state index in [1.165, 1.54) is 11.1 Å². The van der Waals surface area contributed by atoms with Gasteiger partial charge in [-0.3, -0.25) is 4.79 Å². The molecule has 1 fully saturated rings. The number of allylic oxidation sites excluding steroid dienone is 1. The topological polar surface area (TPSA) is 47.6 Å². The van der Waals surface area contributed by atoms with E-state index in [1.54, 1.807) is 6.08 Å². The van der Waals surface area contributed by atoms with E-state index in [0.717, 1.165) is 29.2 Å². The first-order chi connectivity index (χ1) is 15.7. The van der Waals surface area contributed by atoms with Crippen LogP contribution in [0.3, 0.4) is 0 Å². The molecular weight excluding hydrogens is 398 g/mol. The predicted molar refractivity (Wildman–Crippen MR) is 123 cm³/mol. The molecule has 1 spiro atoms. The molecule has 1 saturated carbocycles. The van der Waals surface area contributed by atoms with Crippen molar-refractivity contribution in [3.05, 3.63) is 107 Å². The van der Waals surface area contributed by atoms with Crippen LogP contribution in [0.4, 0.5) is 0 Å². The van der Waals surface area contributed by atoms with Gasteiger partial charge in [0.1, 0.15) is 13.2 Å². The molecule has 4 heteroatoms. The third-order valence-electron chi connectivity index (χ3n) is 7.01. The van der Waals surface area contributed by atoms with Crippen LogP contribution < -0.4 is 14.8 Å². The Labute approximate surface area is 187 Å². The van der Waals surface area contributed by atoms with Crippen LogP contribution in [0.5, 0.6) is 11.5 Å². The van der Waals surface area contributed by atoms with Crippen LogP contribution in [0, 0.1) is 5.92 Å². The van der Waals surface area contributed by atoms with Gasteiger partial charge in [0.05, 0.1) is 0 Å². The SMILES string of the molecule is O=C1C=C[C@@]23c4cc(OCc5ccccc5)c(OCc5ccccc5)cc4CNC2[C@H]3C1. The van der Waals surface area contributed by atoms with Gasteiger partial charge in [0.15, 0.2) is 17.3 Å². The van der Waals surface area contributed by atoms with Crippen LogP contribution in [0.1, 0.15) is 28.7 Å². The second kappa shape index (κ2) is 7.64. The lowest BCUT2D eigenvalue weighted by Crippen LogP contribution is -2.31. The second-order valence-corrected chi connectivity index (χ2v) is 8.91. The summed E-state index contributed by atoms with van der Waals surface area (Å²) in [6.07, 6.45) is 4.49. The molecule has 3 atom stereocenters. The average molecular weight is 424 g/mol. The molecule has 1 N–H and O–H groups in total. The van der Waals surface area contributed by atoms with Crippen molar-refractivity contribution in [3.63, 3.8) is 0 Å². The van der Waals surface area contributed by atoms with Crippen molar-refractivity contribution in [2.24, 2.45) is 5.92 Å². The smallest absolute Gasteiger partial charge is 0.162 e. The minimum absolute atomic E-state index is 0.0929. The first kappa shape index (κ1) is 19.3. The zero-order valence-corrected chi connectivity index (χ0v) is 17.8. The fourth-order valence-corrected chi connectivity index (χ4v) is 5.35. The maximum Gasteiger partial charge on any atom is 0.162 e. The number of hydrogen-bond acceptors (Lipinski definition) is 4. The molecule has 0 aromatic heterocycles. The van der Waals surface area contributed by atoms with Gasteiger partial charge in [-0.1, -0.05) is 66.7 Å². The fraction of sp³-hybridized carbons (Fsp3) is 0.250. The number of carbonyl (C=O) groups is 1. The molecule has 0 radical (unpaired) electrons. The Morgan fingerprint density at radius 1 is 0.875 bits per heavy atom. The molecule has 0 amide bonds. The van der Waals surface area contributed by atoms with Crippen molar-refractivity contribution in [2.45, 2.75) is 37.6 Å². The molecule has 160 valence electrons. The molecule has 1 unspecified atom stereocenters. The van der Waals surface area contributed by atoms with Gasteiger partial charge in [0, 0.05) is 24.4 Å². The Morgan fingerprint density at radius 3 is 2.16 bits per heavy atom. The van der Waals surface area contributed by atoms with Gasteiger partial charge < -0.3 is 14.8 Å². The van der Waals surface area contributed by atoms with E-state index in [1.807, 2.05) is 36.4 Å². The normalized spacial score (nSPS) is 24.8. The number of ether oxygens (including phenoxy) is 2. The Morgan fingerprint density at radius 2 is 1.50 bits per heavy atom. The van der Waals surface area contributed by atoms with Crippen molar-refractivity contribution in [2.75, 3.05) is 0 Å². The largest absolute Gasteiger partial charge is 0.485 e. The molecule has 3 aliphatic rings. The van der Waals surface area contributed by atoms with E-state index in [2.05, 4.69) is 47.8 Å². The third-order valence-corrected chi connectivity index (χ3v) is 7.01. The molecule has 32 heavy (non-hydrogen) atoms. The zero-order chi connectivity index (χ0) is 21.5. The Hall–Kier alpha value is -3.37. The number of nitrogens with one attached hydrogen (secondary N) is 1. The van der Waals surface area contributed by atoms with Gasteiger partial charge in [-0.2, -0.15) is 0 Å². The van der Waals surface area contributed by atoms with Gasteiger partial charge in [-0.05, 0) is 46.4 Å². The summed E-state index contributed by atoms with van der Waals surface area (Å²) in [5, 5.41) is 3.64. The molecule has 6 rings (SSSR count). The Kier molecular flexibility index (Phi) is 4.62. The Bertz CT molecular complexity index is 1190. The molecule has 1 aliphatic heterocycles. The molecule has 2 aliphatic carbocycles. The first-order valence-electron chi connectivity index (χ1n) is 11.2. The van der Waals surface area contributed by atoms with Crippen LogP contribution in [0.25, 0.3) is 0 Å². The minimum atomic E-state index is -0.0929. The lowest BCUT2D eigenvalue weighted by molar-refractivity contribution is -0.115. The zero-order valence-electron chi connectivity index (χ0n) is 17.8. The minimum Gasteiger partial charge on any atom is -0.485 e. The first-order valence-corrected chi connectivity index (χ1v) is 11.2. The fourth-order valence-electron chi connectivity index (χ4n) is 5.35. The average Bonchev–Trinajstić information content (AvgIpc) is 3.51. The van der Waals surface area contributed by atoms with Gasteiger partial charge in [0.2, 0.25) is 0 Å². The highest BCUT2D eigenvalue weighted by Crippen LogP contribution is 2.62. The molecule has 0 saturated heterocycles. The highest BCUT2D eigenvalue weighted by atomic mass is 16.5. The summed E-state index contributed by atoms with van der Waals surface area (Å²) in [4.78, 5) is 12.0. The van der Waals surface area contributed by atoms with Crippen LogP contribution in [-0.2, 0) is 30.0 Å². The summed E-state index contributed by atoms with van der Waals surface area (Å²) in [7, 11) is 0. The van der Waals surface area contributed by atoms with Crippen molar-refractivity contribution < 1.29 is 14.3 Å². The monoisotopic (exact) mass is 423 g/mol. The van der Waals surface area contributed by atoms with Gasteiger partial charge >= 0.3 is 0 Å². The molecule has 3 aromatic carbocycles. The number of carbonyl (C=O) groups excluding carboxylic acids is 1. The summed E-state index contributed by atoms with van der Waals surface area (Å²) >= 11 is 0. The molecular formula is C28H25NO3. The number of fused-ring (bicyclic) bond motifs is 2. The Balaban J connectivity index is 1.35. The van der Waals surface area contributed by atoms with E-state index in [9.17, 15) is 4.79 Å². The molecule has 0 bridgehead atoms. The van der Waals surface area contributed by atoms with Crippen LogP contribution >= 0.6 is 0 Å². The van der Waals surface area contributed by atoms with Gasteiger partial charge in [0.25, 0.3) is 0 Å². The maximum atomic E-state index is 12.0. The third kappa shape index (κ3) is 3.23. The van der Waals surface area contributed by atoms with E-state index in [4.69, 9.17) is 9.47 Å². The summed E-state index contributed by atoms with van der Waals surface area (Å²) in [6.45, 7) is 1.74. The summed E-state index contributed by atoms with van der Waals surface area (Å²) < 4.78 is 12.6. The standard InChI is InChI=1S/C28H25NO3/c30-22-11-12-28-23-15-26(32-18-20-9-5-2-6-10-20)25(31-17-19-7-3-1-4-8-19)13-21(23)16-29-27(28)24(28)14-22/h1-13,15,24,27,29H,14,16-18H2/t24-,27?,28+/m1/s1. The summed E-state index contributed by atoms with van der Waals surface area (Å²) in [5.41, 5.74) is 4.63. The summed E-state index contributed by atoms with van der Waals surface area (Å²) in [6, 6.07) is 25.0. The van der Waals surface area contributed by atoms with E-state index in [-0.39, 0.29) is 11.2 Å². The lowest BCUT2D eigenvalue weighted by Gasteiger charge is -2.27. The molecule has 4 nitrogen and oxygen atoms in total. The highest BCUT2D eigenvalue weighted by molar-refractivity contribution is 5.93. The number of rotatable bonds is 6. The van der Waals surface area contributed by atoms with E-state index in [0.29, 0.717) is 31.6 Å². The van der Waals surface area contributed by atoms with E-state index >= 15 is 0 Å². The van der Waals surface area contributed by atoms with Crippen molar-refractivity contribution in [1.82, 2.24) is 5.32 Å². The number of ketones is 1. The summed E-state index contributed by atoms with van der Waals surface area (Å²) in [5.74, 6) is 2.07. The maximum absolute atomic E-state index is 12.0. The van der Waals surface area contributed by atoms with Crippen LogP contribution in [0.15, 0.2) is 84.9 Å². The lowest BCUT2D eigenvalue weighted by atomic mass is 9.83. The highest BCUT2D eigenvalue weighted by Gasteiger charge is 2.67. The second-order valence-electron chi connectivity index (χ2n) is 8.91. The molecule has 1 heterocycles. The number of benzene rings is 3. The molecule has 3 aromatic rings. The van der Waals surface area contributed by atoms with Crippen LogP contribution in [-0.4, -0.2) is 11.8 Å². The van der Waals surface area contributed by atoms with Gasteiger partial charge in [-0.15, -0.1) is 0 Å². The van der Waals surface area contributed by atoms with E-state index < -0.39 is 0 Å². The van der Waals surface area contributed by atoms with Crippen LogP contribution in [0.2, 0.25) is 0 Å².